The summed E-state index contributed by atoms with van der Waals surface area (Å²) in [6, 6.07) is 5.74. The average molecular weight is 347 g/mol. The third-order valence-electron chi connectivity index (χ3n) is 4.02. The first kappa shape index (κ1) is 17.7. The molecule has 2 heterocycles. The Morgan fingerprint density at radius 2 is 2.32 bits per heavy atom. The molecule has 1 aromatic carbocycles. The molecular formula is C18H25N3O4. The molecule has 1 amide bonds. The molecule has 0 saturated carbocycles. The summed E-state index contributed by atoms with van der Waals surface area (Å²) in [7, 11) is 1.84. The summed E-state index contributed by atoms with van der Waals surface area (Å²) in [5.41, 5.74) is 0.897. The quantitative estimate of drug-likeness (QED) is 0.833. The number of amides is 1. The van der Waals surface area contributed by atoms with Crippen LogP contribution in [0.25, 0.3) is 10.9 Å². The number of benzene rings is 1. The molecule has 0 radical (unpaired) electrons. The Morgan fingerprint density at radius 1 is 1.48 bits per heavy atom. The van der Waals surface area contributed by atoms with Crippen LogP contribution in [0, 0.1) is 0 Å². The highest BCUT2D eigenvalue weighted by atomic mass is 16.5. The molecule has 25 heavy (non-hydrogen) atoms. The molecule has 3 rings (SSSR count). The van der Waals surface area contributed by atoms with Crippen LogP contribution in [-0.4, -0.2) is 47.7 Å². The van der Waals surface area contributed by atoms with E-state index in [0.717, 1.165) is 30.4 Å². The van der Waals surface area contributed by atoms with Gasteiger partial charge in [0.2, 0.25) is 0 Å². The van der Waals surface area contributed by atoms with Crippen LogP contribution in [0.3, 0.4) is 0 Å². The number of hydrogen-bond acceptors (Lipinski definition) is 5. The molecule has 2 aromatic rings. The molecule has 7 nitrogen and oxygen atoms in total. The van der Waals surface area contributed by atoms with Crippen LogP contribution in [0.2, 0.25) is 0 Å². The smallest absolute Gasteiger partial charge is 0.251 e. The van der Waals surface area contributed by atoms with Crippen LogP contribution in [0.15, 0.2) is 18.2 Å². The van der Waals surface area contributed by atoms with Crippen molar-refractivity contribution in [3.8, 4) is 5.75 Å². The van der Waals surface area contributed by atoms with Gasteiger partial charge in [-0.1, -0.05) is 6.07 Å². The van der Waals surface area contributed by atoms with E-state index in [2.05, 4.69) is 10.4 Å². The zero-order chi connectivity index (χ0) is 17.8. The number of aromatic nitrogens is 2. The van der Waals surface area contributed by atoms with E-state index in [1.165, 1.54) is 0 Å². The number of aryl methyl sites for hydroxylation is 1. The molecule has 1 aromatic heterocycles. The number of ether oxygens (including phenoxy) is 3. The summed E-state index contributed by atoms with van der Waals surface area (Å²) < 4.78 is 18.5. The Labute approximate surface area is 147 Å². The largest absolute Gasteiger partial charge is 0.490 e. The van der Waals surface area contributed by atoms with Crippen molar-refractivity contribution in [2.75, 3.05) is 25.1 Å². The Balaban J connectivity index is 1.68. The third-order valence-corrected chi connectivity index (χ3v) is 4.02. The van der Waals surface area contributed by atoms with E-state index >= 15 is 0 Å². The number of fused-ring (bicyclic) bond motifs is 1. The van der Waals surface area contributed by atoms with Crippen molar-refractivity contribution in [1.29, 1.82) is 0 Å². The maximum absolute atomic E-state index is 12.2. The SMILES string of the molecule is CC(C)Oc1cccc2c1c(NC(=O)COC[C@H]1CCCO1)nn2C. The fourth-order valence-electron chi connectivity index (χ4n) is 2.95. The molecule has 7 heteroatoms. The molecule has 1 aliphatic heterocycles. The first-order chi connectivity index (χ1) is 12.0. The molecule has 1 atom stereocenters. The highest BCUT2D eigenvalue weighted by molar-refractivity contribution is 6.03. The van der Waals surface area contributed by atoms with Gasteiger partial charge in [-0.2, -0.15) is 5.10 Å². The van der Waals surface area contributed by atoms with Crippen LogP contribution in [0.4, 0.5) is 5.82 Å². The van der Waals surface area contributed by atoms with Crippen molar-refractivity contribution in [3.05, 3.63) is 18.2 Å². The summed E-state index contributed by atoms with van der Waals surface area (Å²) in [5.74, 6) is 0.952. The molecule has 0 unspecified atom stereocenters. The highest BCUT2D eigenvalue weighted by Crippen LogP contribution is 2.32. The molecule has 1 fully saturated rings. The Bertz CT molecular complexity index is 735. The first-order valence-corrected chi connectivity index (χ1v) is 8.66. The van der Waals surface area contributed by atoms with Crippen molar-refractivity contribution in [3.63, 3.8) is 0 Å². The Kier molecular flexibility index (Phi) is 5.55. The van der Waals surface area contributed by atoms with E-state index in [4.69, 9.17) is 14.2 Å². The van der Waals surface area contributed by atoms with Crippen molar-refractivity contribution >= 4 is 22.6 Å². The molecule has 1 saturated heterocycles. The molecule has 136 valence electrons. The Hall–Kier alpha value is -2.12. The van der Waals surface area contributed by atoms with E-state index < -0.39 is 0 Å². The van der Waals surface area contributed by atoms with Gasteiger partial charge < -0.3 is 19.5 Å². The zero-order valence-corrected chi connectivity index (χ0v) is 14.9. The maximum Gasteiger partial charge on any atom is 0.251 e. The molecule has 1 aliphatic rings. The molecule has 0 spiro atoms. The monoisotopic (exact) mass is 347 g/mol. The van der Waals surface area contributed by atoms with Gasteiger partial charge in [-0.25, -0.2) is 0 Å². The topological polar surface area (TPSA) is 74.6 Å². The zero-order valence-electron chi connectivity index (χ0n) is 14.9. The van der Waals surface area contributed by atoms with Gasteiger partial charge in [-0.15, -0.1) is 0 Å². The third kappa shape index (κ3) is 4.29. The molecular weight excluding hydrogens is 322 g/mol. The average Bonchev–Trinajstić information content (AvgIpc) is 3.16. The molecule has 0 bridgehead atoms. The second kappa shape index (κ2) is 7.84. The lowest BCUT2D eigenvalue weighted by Gasteiger charge is -2.12. The second-order valence-electron chi connectivity index (χ2n) is 6.49. The minimum atomic E-state index is -0.239. The van der Waals surface area contributed by atoms with Crippen molar-refractivity contribution < 1.29 is 19.0 Å². The first-order valence-electron chi connectivity index (χ1n) is 8.66. The second-order valence-corrected chi connectivity index (χ2v) is 6.49. The van der Waals surface area contributed by atoms with Gasteiger partial charge >= 0.3 is 0 Å². The standard InChI is InChI=1S/C18H25N3O4/c1-12(2)25-15-8-4-7-14-17(15)18(20-21(14)3)19-16(22)11-23-10-13-6-5-9-24-13/h4,7-8,12-13H,5-6,9-11H2,1-3H3,(H,19,20,22)/t13-/m1/s1. The minimum Gasteiger partial charge on any atom is -0.490 e. The van der Waals surface area contributed by atoms with Gasteiger partial charge in [-0.05, 0) is 38.8 Å². The normalized spacial score (nSPS) is 17.4. The number of nitrogens with one attached hydrogen (secondary N) is 1. The van der Waals surface area contributed by atoms with E-state index in [1.54, 1.807) is 4.68 Å². The van der Waals surface area contributed by atoms with Crippen molar-refractivity contribution in [1.82, 2.24) is 9.78 Å². The molecule has 0 aliphatic carbocycles. The van der Waals surface area contributed by atoms with Crippen molar-refractivity contribution in [2.24, 2.45) is 7.05 Å². The summed E-state index contributed by atoms with van der Waals surface area (Å²) >= 11 is 0. The fourth-order valence-corrected chi connectivity index (χ4v) is 2.95. The van der Waals surface area contributed by atoms with Gasteiger partial charge in [-0.3, -0.25) is 9.48 Å². The predicted molar refractivity (Wildman–Crippen MR) is 94.9 cm³/mol. The van der Waals surface area contributed by atoms with Crippen LogP contribution in [0.5, 0.6) is 5.75 Å². The van der Waals surface area contributed by atoms with Crippen LogP contribution in [-0.2, 0) is 21.3 Å². The minimum absolute atomic E-state index is 0.0227. The number of nitrogens with zero attached hydrogens (tertiary/aromatic N) is 2. The van der Waals surface area contributed by atoms with Gasteiger partial charge in [0.15, 0.2) is 5.82 Å². The Morgan fingerprint density at radius 3 is 3.04 bits per heavy atom. The van der Waals surface area contributed by atoms with Crippen LogP contribution < -0.4 is 10.1 Å². The summed E-state index contributed by atoms with van der Waals surface area (Å²) in [5, 5.41) is 8.03. The summed E-state index contributed by atoms with van der Waals surface area (Å²) in [6.45, 7) is 5.13. The van der Waals surface area contributed by atoms with E-state index in [0.29, 0.717) is 18.2 Å². The van der Waals surface area contributed by atoms with E-state index in [1.807, 2.05) is 39.1 Å². The van der Waals surface area contributed by atoms with E-state index in [-0.39, 0.29) is 24.7 Å². The van der Waals surface area contributed by atoms with Gasteiger partial charge in [0.1, 0.15) is 12.4 Å². The molecule has 1 N–H and O–H groups in total. The predicted octanol–water partition coefficient (Wildman–Crippen LogP) is 2.49. The summed E-state index contributed by atoms with van der Waals surface area (Å²) in [4.78, 5) is 12.2. The number of hydrogen-bond donors (Lipinski definition) is 1. The van der Waals surface area contributed by atoms with Crippen molar-refractivity contribution in [2.45, 2.75) is 38.9 Å². The number of carbonyl (C=O) groups excluding carboxylic acids is 1. The fraction of sp³-hybridized carbons (Fsp3) is 0.556. The van der Waals surface area contributed by atoms with Crippen LogP contribution in [0.1, 0.15) is 26.7 Å². The van der Waals surface area contributed by atoms with Gasteiger partial charge in [0, 0.05) is 13.7 Å². The lowest BCUT2D eigenvalue weighted by Crippen LogP contribution is -2.22. The van der Waals surface area contributed by atoms with Crippen LogP contribution >= 0.6 is 0 Å². The number of carbonyl (C=O) groups is 1. The maximum atomic E-state index is 12.2. The lowest BCUT2D eigenvalue weighted by molar-refractivity contribution is -0.121. The van der Waals surface area contributed by atoms with E-state index in [9.17, 15) is 4.79 Å². The lowest BCUT2D eigenvalue weighted by atomic mass is 10.2. The summed E-state index contributed by atoms with van der Waals surface area (Å²) in [6.07, 6.45) is 2.18. The van der Waals surface area contributed by atoms with Gasteiger partial charge in [0.25, 0.3) is 5.91 Å². The highest BCUT2D eigenvalue weighted by Gasteiger charge is 2.18. The van der Waals surface area contributed by atoms with Gasteiger partial charge in [0.05, 0.1) is 29.7 Å². The number of anilines is 1. The number of rotatable bonds is 7.